The highest BCUT2D eigenvalue weighted by molar-refractivity contribution is 7.10. The molecular formula is C10H20B2O4. The lowest BCUT2D eigenvalue weighted by atomic mass is 9.47. The highest BCUT2D eigenvalue weighted by Gasteiger charge is 2.49. The van der Waals surface area contributed by atoms with E-state index in [0.717, 1.165) is 12.8 Å². The van der Waals surface area contributed by atoms with Crippen LogP contribution in [0.3, 0.4) is 0 Å². The van der Waals surface area contributed by atoms with Crippen LogP contribution >= 0.6 is 0 Å². The zero-order chi connectivity index (χ0) is 11.8. The van der Waals surface area contributed by atoms with Crippen molar-refractivity contribution in [2.24, 2.45) is 0 Å². The summed E-state index contributed by atoms with van der Waals surface area (Å²) >= 11 is 0. The van der Waals surface area contributed by atoms with E-state index >= 15 is 0 Å². The van der Waals surface area contributed by atoms with Gasteiger partial charge in [-0.1, -0.05) is 0 Å². The molecule has 0 aliphatic carbocycles. The van der Waals surface area contributed by atoms with Crippen molar-refractivity contribution in [3.05, 3.63) is 0 Å². The van der Waals surface area contributed by atoms with Crippen LogP contribution in [-0.2, 0) is 18.6 Å². The first-order valence-corrected chi connectivity index (χ1v) is 5.97. The Labute approximate surface area is 98.2 Å². The molecule has 0 aromatic carbocycles. The van der Waals surface area contributed by atoms with Gasteiger partial charge in [-0.3, -0.25) is 0 Å². The monoisotopic (exact) mass is 226 g/mol. The number of hydrogen-bond donors (Lipinski definition) is 0. The van der Waals surface area contributed by atoms with Crippen LogP contribution in [0.4, 0.5) is 0 Å². The van der Waals surface area contributed by atoms with Gasteiger partial charge in [0.05, 0.1) is 0 Å². The van der Waals surface area contributed by atoms with Crippen LogP contribution in [0.25, 0.3) is 0 Å². The second-order valence-corrected chi connectivity index (χ2v) is 5.73. The van der Waals surface area contributed by atoms with Gasteiger partial charge in [0, 0.05) is 24.4 Å². The Morgan fingerprint density at radius 2 is 1.12 bits per heavy atom. The highest BCUT2D eigenvalue weighted by atomic mass is 16.7. The van der Waals surface area contributed by atoms with E-state index in [1.165, 1.54) is 0 Å². The number of rotatable bonds is 1. The van der Waals surface area contributed by atoms with Crippen LogP contribution in [0.2, 0.25) is 0 Å². The second kappa shape index (κ2) is 4.33. The van der Waals surface area contributed by atoms with E-state index < -0.39 is 14.0 Å². The minimum atomic E-state index is -0.400. The van der Waals surface area contributed by atoms with Crippen molar-refractivity contribution in [2.75, 3.05) is 13.2 Å². The molecule has 0 radical (unpaired) electrons. The lowest BCUT2D eigenvalue weighted by Gasteiger charge is -2.40. The molecule has 0 amide bonds. The van der Waals surface area contributed by atoms with Crippen molar-refractivity contribution in [2.45, 2.75) is 51.7 Å². The van der Waals surface area contributed by atoms with E-state index in [0.29, 0.717) is 13.2 Å². The van der Waals surface area contributed by atoms with Gasteiger partial charge in [0.2, 0.25) is 0 Å². The largest absolute Gasteiger partial charge is 0.488 e. The first kappa shape index (κ1) is 12.4. The van der Waals surface area contributed by atoms with Crippen molar-refractivity contribution < 1.29 is 18.6 Å². The van der Waals surface area contributed by atoms with Crippen molar-refractivity contribution >= 4 is 14.0 Å². The van der Waals surface area contributed by atoms with E-state index in [-0.39, 0.29) is 11.2 Å². The Morgan fingerprint density at radius 1 is 0.750 bits per heavy atom. The fraction of sp³-hybridized carbons (Fsp3) is 1.00. The molecule has 6 heteroatoms. The molecule has 0 bridgehead atoms. The molecular weight excluding hydrogens is 206 g/mol. The SMILES string of the molecule is CC1(C)CCOB(B2OCCC(C)(C)O2)O1. The van der Waals surface area contributed by atoms with Gasteiger partial charge in [0.15, 0.2) is 0 Å². The quantitative estimate of drug-likeness (QED) is 0.634. The van der Waals surface area contributed by atoms with Crippen molar-refractivity contribution in [1.29, 1.82) is 0 Å². The first-order valence-electron chi connectivity index (χ1n) is 5.97. The standard InChI is InChI=1S/C10H20B2O4/c1-9(2)5-7-13-11(15-9)12-14-8-6-10(3,4)16-12/h5-8H2,1-4H3. The van der Waals surface area contributed by atoms with Crippen LogP contribution in [0.15, 0.2) is 0 Å². The molecule has 2 rings (SSSR count). The molecule has 0 N–H and O–H groups in total. The Balaban J connectivity index is 1.96. The minimum Gasteiger partial charge on any atom is -0.413 e. The molecule has 0 aromatic heterocycles. The first-order chi connectivity index (χ1) is 7.38. The second-order valence-electron chi connectivity index (χ2n) is 5.73. The summed E-state index contributed by atoms with van der Waals surface area (Å²) in [5.74, 6) is 0. The summed E-state index contributed by atoms with van der Waals surface area (Å²) in [7, 11) is -0.799. The smallest absolute Gasteiger partial charge is 0.413 e. The molecule has 0 aromatic rings. The average molecular weight is 226 g/mol. The zero-order valence-corrected chi connectivity index (χ0v) is 10.6. The summed E-state index contributed by atoms with van der Waals surface area (Å²) in [4.78, 5) is 0. The summed E-state index contributed by atoms with van der Waals surface area (Å²) in [6, 6.07) is 0. The molecule has 90 valence electrons. The molecule has 2 heterocycles. The maximum atomic E-state index is 5.83. The van der Waals surface area contributed by atoms with Gasteiger partial charge in [0.1, 0.15) is 0 Å². The molecule has 2 saturated heterocycles. The molecule has 4 nitrogen and oxygen atoms in total. The Morgan fingerprint density at radius 3 is 1.44 bits per heavy atom. The van der Waals surface area contributed by atoms with Crippen LogP contribution in [-0.4, -0.2) is 38.4 Å². The minimum absolute atomic E-state index is 0.156. The Bertz CT molecular complexity index is 231. The third-order valence-electron chi connectivity index (χ3n) is 3.07. The third-order valence-corrected chi connectivity index (χ3v) is 3.07. The predicted octanol–water partition coefficient (Wildman–Crippen LogP) is 1.47. The lowest BCUT2D eigenvalue weighted by molar-refractivity contribution is -0.0186. The molecule has 0 saturated carbocycles. The van der Waals surface area contributed by atoms with Gasteiger partial charge in [-0.15, -0.1) is 0 Å². The molecule has 0 atom stereocenters. The molecule has 2 aliphatic heterocycles. The van der Waals surface area contributed by atoms with Crippen LogP contribution in [0, 0.1) is 0 Å². The van der Waals surface area contributed by atoms with Gasteiger partial charge >= 0.3 is 14.0 Å². The van der Waals surface area contributed by atoms with Crippen LogP contribution in [0.1, 0.15) is 40.5 Å². The molecule has 2 aliphatic rings. The topological polar surface area (TPSA) is 36.9 Å². The van der Waals surface area contributed by atoms with Crippen molar-refractivity contribution in [3.8, 4) is 0 Å². The van der Waals surface area contributed by atoms with Gasteiger partial charge < -0.3 is 18.6 Å². The van der Waals surface area contributed by atoms with Gasteiger partial charge in [-0.2, -0.15) is 0 Å². The summed E-state index contributed by atoms with van der Waals surface area (Å²) in [5.41, 5.74) is -0.311. The maximum absolute atomic E-state index is 5.83. The van der Waals surface area contributed by atoms with Gasteiger partial charge in [0.25, 0.3) is 0 Å². The molecule has 16 heavy (non-hydrogen) atoms. The summed E-state index contributed by atoms with van der Waals surface area (Å²) in [6.45, 7) is 9.66. The third kappa shape index (κ3) is 3.00. The van der Waals surface area contributed by atoms with Crippen LogP contribution < -0.4 is 0 Å². The van der Waals surface area contributed by atoms with E-state index in [2.05, 4.69) is 27.7 Å². The van der Waals surface area contributed by atoms with E-state index in [1.54, 1.807) is 0 Å². The fourth-order valence-electron chi connectivity index (χ4n) is 1.92. The normalized spacial score (nSPS) is 29.2. The Kier molecular flexibility index (Phi) is 3.36. The maximum Gasteiger partial charge on any atom is 0.488 e. The average Bonchev–Trinajstić information content (AvgIpc) is 2.14. The lowest BCUT2D eigenvalue weighted by Crippen LogP contribution is -2.58. The Hall–Kier alpha value is -0.0301. The van der Waals surface area contributed by atoms with E-state index in [9.17, 15) is 0 Å². The van der Waals surface area contributed by atoms with E-state index in [1.807, 2.05) is 0 Å². The highest BCUT2D eigenvalue weighted by Crippen LogP contribution is 2.27. The summed E-state index contributed by atoms with van der Waals surface area (Å²) in [6.07, 6.45) is 1.80. The summed E-state index contributed by atoms with van der Waals surface area (Å²) in [5, 5.41) is 0. The number of hydrogen-bond acceptors (Lipinski definition) is 4. The molecule has 2 fully saturated rings. The van der Waals surface area contributed by atoms with E-state index in [4.69, 9.17) is 18.6 Å². The van der Waals surface area contributed by atoms with Crippen molar-refractivity contribution in [1.82, 2.24) is 0 Å². The van der Waals surface area contributed by atoms with Crippen LogP contribution in [0.5, 0.6) is 0 Å². The van der Waals surface area contributed by atoms with Gasteiger partial charge in [-0.05, 0) is 40.5 Å². The molecule has 0 unspecified atom stereocenters. The zero-order valence-electron chi connectivity index (χ0n) is 10.6. The van der Waals surface area contributed by atoms with Gasteiger partial charge in [-0.25, -0.2) is 0 Å². The predicted molar refractivity (Wildman–Crippen MR) is 63.0 cm³/mol. The molecule has 0 spiro atoms. The fourth-order valence-corrected chi connectivity index (χ4v) is 1.92. The summed E-state index contributed by atoms with van der Waals surface area (Å²) < 4.78 is 22.8. The van der Waals surface area contributed by atoms with Crippen molar-refractivity contribution in [3.63, 3.8) is 0 Å².